The highest BCUT2D eigenvalue weighted by molar-refractivity contribution is 6.30. The van der Waals surface area contributed by atoms with Gasteiger partial charge >= 0.3 is 6.03 Å². The van der Waals surface area contributed by atoms with Crippen molar-refractivity contribution in [3.8, 4) is 0 Å². The van der Waals surface area contributed by atoms with Gasteiger partial charge in [0, 0.05) is 30.0 Å². The molecular weight excluding hydrogens is 300 g/mol. The molecule has 0 unspecified atom stereocenters. The molecule has 1 aromatic carbocycles. The number of nitrogens with one attached hydrogen (secondary N) is 1. The highest BCUT2D eigenvalue weighted by Crippen LogP contribution is 2.32. The first-order valence-electron chi connectivity index (χ1n) is 7.54. The number of carbonyl (C=O) groups is 1. The Morgan fingerprint density at radius 1 is 1.36 bits per heavy atom. The predicted octanol–water partition coefficient (Wildman–Crippen LogP) is 3.93. The summed E-state index contributed by atoms with van der Waals surface area (Å²) < 4.78 is 1.96. The lowest BCUT2D eigenvalue weighted by Crippen LogP contribution is -2.35. The lowest BCUT2D eigenvalue weighted by Gasteiger charge is -2.25. The number of benzene rings is 1. The van der Waals surface area contributed by atoms with Crippen LogP contribution < -0.4 is 5.32 Å². The maximum Gasteiger partial charge on any atom is 0.322 e. The van der Waals surface area contributed by atoms with Crippen molar-refractivity contribution >= 4 is 23.3 Å². The highest BCUT2D eigenvalue weighted by Gasteiger charge is 2.31. The van der Waals surface area contributed by atoms with Gasteiger partial charge in [0.15, 0.2) is 0 Å². The van der Waals surface area contributed by atoms with Crippen LogP contribution in [0.3, 0.4) is 0 Å². The van der Waals surface area contributed by atoms with Gasteiger partial charge in [-0.05, 0) is 50.1 Å². The van der Waals surface area contributed by atoms with Crippen LogP contribution in [0.4, 0.5) is 10.5 Å². The van der Waals surface area contributed by atoms with Gasteiger partial charge in [0.05, 0.1) is 11.7 Å². The summed E-state index contributed by atoms with van der Waals surface area (Å²) in [5, 5.41) is 7.91. The topological polar surface area (TPSA) is 50.2 Å². The van der Waals surface area contributed by atoms with Crippen LogP contribution in [0.5, 0.6) is 0 Å². The Hall–Kier alpha value is -2.01. The van der Waals surface area contributed by atoms with E-state index >= 15 is 0 Å². The number of carbonyl (C=O) groups excluding carboxylic acids is 1. The molecule has 5 nitrogen and oxygen atoms in total. The van der Waals surface area contributed by atoms with Crippen LogP contribution >= 0.6 is 11.6 Å². The van der Waals surface area contributed by atoms with Crippen LogP contribution in [0.25, 0.3) is 0 Å². The normalized spacial score (nSPS) is 17.7. The number of halogens is 1. The van der Waals surface area contributed by atoms with Crippen molar-refractivity contribution in [3.63, 3.8) is 0 Å². The van der Waals surface area contributed by atoms with Gasteiger partial charge in [0.25, 0.3) is 0 Å². The number of anilines is 1. The van der Waals surface area contributed by atoms with Gasteiger partial charge in [-0.2, -0.15) is 5.10 Å². The summed E-state index contributed by atoms with van der Waals surface area (Å²) in [4.78, 5) is 14.4. The molecule has 2 amide bonds. The van der Waals surface area contributed by atoms with E-state index in [-0.39, 0.29) is 12.1 Å². The minimum atomic E-state index is -0.0753. The molecule has 22 heavy (non-hydrogen) atoms. The van der Waals surface area contributed by atoms with Gasteiger partial charge in [-0.3, -0.25) is 4.68 Å². The van der Waals surface area contributed by atoms with Crippen LogP contribution in [-0.2, 0) is 6.54 Å². The summed E-state index contributed by atoms with van der Waals surface area (Å²) in [6, 6.07) is 9.17. The van der Waals surface area contributed by atoms with Crippen molar-refractivity contribution < 1.29 is 4.79 Å². The summed E-state index contributed by atoms with van der Waals surface area (Å²) in [5.41, 5.74) is 1.86. The van der Waals surface area contributed by atoms with Crippen LogP contribution in [0.15, 0.2) is 36.5 Å². The Bertz CT molecular complexity index is 652. The molecule has 0 saturated carbocycles. The summed E-state index contributed by atoms with van der Waals surface area (Å²) in [6.07, 6.45) is 3.78. The van der Waals surface area contributed by atoms with Crippen LogP contribution in [-0.4, -0.2) is 27.3 Å². The molecule has 0 spiro atoms. The minimum absolute atomic E-state index is 0.0753. The zero-order chi connectivity index (χ0) is 15.5. The Morgan fingerprint density at radius 2 is 2.14 bits per heavy atom. The molecule has 0 bridgehead atoms. The number of likely N-dealkylation sites (tertiary alicyclic amines) is 1. The quantitative estimate of drug-likeness (QED) is 0.932. The monoisotopic (exact) mass is 318 g/mol. The van der Waals surface area contributed by atoms with Crippen molar-refractivity contribution in [2.24, 2.45) is 0 Å². The van der Waals surface area contributed by atoms with E-state index in [1.54, 1.807) is 18.3 Å². The van der Waals surface area contributed by atoms with Crippen molar-refractivity contribution in [3.05, 3.63) is 47.2 Å². The highest BCUT2D eigenvalue weighted by atomic mass is 35.5. The number of urea groups is 1. The molecule has 6 heteroatoms. The lowest BCUT2D eigenvalue weighted by molar-refractivity contribution is 0.204. The maximum absolute atomic E-state index is 12.6. The van der Waals surface area contributed by atoms with E-state index < -0.39 is 0 Å². The number of aromatic nitrogens is 2. The van der Waals surface area contributed by atoms with E-state index in [9.17, 15) is 4.79 Å². The molecule has 1 atom stereocenters. The predicted molar refractivity (Wildman–Crippen MR) is 87.1 cm³/mol. The second-order valence-corrected chi connectivity index (χ2v) is 5.80. The fourth-order valence-corrected chi connectivity index (χ4v) is 3.06. The van der Waals surface area contributed by atoms with E-state index in [0.717, 1.165) is 37.3 Å². The number of hydrogen-bond acceptors (Lipinski definition) is 2. The molecular formula is C16H19ClN4O. The lowest BCUT2D eigenvalue weighted by atomic mass is 10.1. The van der Waals surface area contributed by atoms with Crippen molar-refractivity contribution in [1.82, 2.24) is 14.7 Å². The Labute approximate surface area is 134 Å². The molecule has 2 heterocycles. The minimum Gasteiger partial charge on any atom is -0.316 e. The third-order valence-corrected chi connectivity index (χ3v) is 4.25. The molecule has 1 aliphatic rings. The Kier molecular flexibility index (Phi) is 4.34. The zero-order valence-corrected chi connectivity index (χ0v) is 13.3. The van der Waals surface area contributed by atoms with E-state index in [1.165, 1.54) is 0 Å². The molecule has 1 fully saturated rings. The van der Waals surface area contributed by atoms with Gasteiger partial charge < -0.3 is 10.2 Å². The molecule has 1 aliphatic heterocycles. The molecule has 1 saturated heterocycles. The fourth-order valence-electron chi connectivity index (χ4n) is 2.94. The summed E-state index contributed by atoms with van der Waals surface area (Å²) in [6.45, 7) is 3.63. The van der Waals surface area contributed by atoms with Gasteiger partial charge in [0.1, 0.15) is 0 Å². The zero-order valence-electron chi connectivity index (χ0n) is 12.5. The van der Waals surface area contributed by atoms with Gasteiger partial charge in [-0.1, -0.05) is 11.6 Å². The van der Waals surface area contributed by atoms with E-state index in [4.69, 9.17) is 11.6 Å². The Balaban J connectivity index is 1.75. The van der Waals surface area contributed by atoms with E-state index in [1.807, 2.05) is 27.8 Å². The van der Waals surface area contributed by atoms with Gasteiger partial charge in [-0.25, -0.2) is 4.79 Å². The molecule has 0 aliphatic carbocycles. The SMILES string of the molecule is CCn1nccc1[C@H]1CCCN1C(=O)Nc1ccc(Cl)cc1. The summed E-state index contributed by atoms with van der Waals surface area (Å²) >= 11 is 5.87. The van der Waals surface area contributed by atoms with E-state index in [0.29, 0.717) is 5.02 Å². The Morgan fingerprint density at radius 3 is 2.86 bits per heavy atom. The molecule has 2 aromatic rings. The number of aryl methyl sites for hydroxylation is 1. The molecule has 0 radical (unpaired) electrons. The summed E-state index contributed by atoms with van der Waals surface area (Å²) in [5.74, 6) is 0. The first-order valence-corrected chi connectivity index (χ1v) is 7.91. The second-order valence-electron chi connectivity index (χ2n) is 5.36. The number of amides is 2. The second kappa shape index (κ2) is 6.40. The number of nitrogens with zero attached hydrogens (tertiary/aromatic N) is 3. The fraction of sp³-hybridized carbons (Fsp3) is 0.375. The van der Waals surface area contributed by atoms with Crippen molar-refractivity contribution in [2.75, 3.05) is 11.9 Å². The molecule has 1 N–H and O–H groups in total. The summed E-state index contributed by atoms with van der Waals surface area (Å²) in [7, 11) is 0. The van der Waals surface area contributed by atoms with Crippen LogP contribution in [0.1, 0.15) is 31.5 Å². The van der Waals surface area contributed by atoms with Gasteiger partial charge in [0.2, 0.25) is 0 Å². The van der Waals surface area contributed by atoms with Crippen LogP contribution in [0, 0.1) is 0 Å². The van der Waals surface area contributed by atoms with Crippen molar-refractivity contribution in [2.45, 2.75) is 32.4 Å². The molecule has 116 valence electrons. The average molecular weight is 319 g/mol. The average Bonchev–Trinajstić information content (AvgIpc) is 3.17. The first kappa shape index (κ1) is 14.9. The smallest absolute Gasteiger partial charge is 0.316 e. The first-order chi connectivity index (χ1) is 10.7. The largest absolute Gasteiger partial charge is 0.322 e. The maximum atomic E-state index is 12.6. The van der Waals surface area contributed by atoms with Gasteiger partial charge in [-0.15, -0.1) is 0 Å². The number of rotatable bonds is 3. The van der Waals surface area contributed by atoms with E-state index in [2.05, 4.69) is 17.3 Å². The van der Waals surface area contributed by atoms with Crippen molar-refractivity contribution in [1.29, 1.82) is 0 Å². The van der Waals surface area contributed by atoms with Crippen LogP contribution in [0.2, 0.25) is 5.02 Å². The number of hydrogen-bond donors (Lipinski definition) is 1. The standard InChI is InChI=1S/C16H19ClN4O/c1-2-21-15(9-10-18-21)14-4-3-11-20(14)16(22)19-13-7-5-12(17)6-8-13/h5-10,14H,2-4,11H2,1H3,(H,19,22)/t14-/m1/s1. The molecule has 1 aromatic heterocycles. The third kappa shape index (κ3) is 2.95. The third-order valence-electron chi connectivity index (χ3n) is 4.00. The molecule has 3 rings (SSSR count).